The van der Waals surface area contributed by atoms with Crippen LogP contribution in [-0.4, -0.2) is 15.7 Å². The molecule has 0 amide bonds. The van der Waals surface area contributed by atoms with Gasteiger partial charge in [0.05, 0.1) is 6.54 Å². The summed E-state index contributed by atoms with van der Waals surface area (Å²) in [6.07, 6.45) is 5.61. The first-order valence-corrected chi connectivity index (χ1v) is 6.14. The number of fused-ring (bicyclic) bond motifs is 1. The van der Waals surface area contributed by atoms with E-state index in [0.717, 1.165) is 22.5 Å². The number of rotatable bonds is 3. The van der Waals surface area contributed by atoms with Crippen molar-refractivity contribution in [3.8, 4) is 0 Å². The second-order valence-corrected chi connectivity index (χ2v) is 5.78. The Morgan fingerprint density at radius 3 is 3.07 bits per heavy atom. The highest BCUT2D eigenvalue weighted by atomic mass is 32.1. The van der Waals surface area contributed by atoms with Gasteiger partial charge in [-0.15, -0.1) is 21.5 Å². The van der Waals surface area contributed by atoms with E-state index in [0.29, 0.717) is 5.54 Å². The predicted octanol–water partition coefficient (Wildman–Crippen LogP) is 1.88. The van der Waals surface area contributed by atoms with E-state index < -0.39 is 0 Å². The zero-order valence-electron chi connectivity index (χ0n) is 8.42. The molecule has 1 N–H and O–H groups in total. The number of hydrogen-bond donors (Lipinski definition) is 1. The summed E-state index contributed by atoms with van der Waals surface area (Å²) >= 11 is 1.70. The van der Waals surface area contributed by atoms with Crippen LogP contribution in [0.3, 0.4) is 0 Å². The second-order valence-electron chi connectivity index (χ2n) is 4.52. The summed E-state index contributed by atoms with van der Waals surface area (Å²) in [5.74, 6) is 0.969. The molecule has 0 aromatic carbocycles. The maximum Gasteiger partial charge on any atom is 0.131 e. The molecule has 1 aromatic rings. The van der Waals surface area contributed by atoms with E-state index in [-0.39, 0.29) is 0 Å². The molecule has 2 fully saturated rings. The summed E-state index contributed by atoms with van der Waals surface area (Å²) in [7, 11) is 0. The van der Waals surface area contributed by atoms with Gasteiger partial charge in [0.15, 0.2) is 0 Å². The van der Waals surface area contributed by atoms with Gasteiger partial charge in [0, 0.05) is 5.54 Å². The average Bonchev–Trinajstić information content (AvgIpc) is 2.57. The first-order valence-electron chi connectivity index (χ1n) is 5.32. The van der Waals surface area contributed by atoms with E-state index in [1.807, 2.05) is 6.92 Å². The summed E-state index contributed by atoms with van der Waals surface area (Å²) in [6, 6.07) is 0. The molecule has 3 rings (SSSR count). The van der Waals surface area contributed by atoms with Crippen LogP contribution in [-0.2, 0) is 6.54 Å². The van der Waals surface area contributed by atoms with Crippen molar-refractivity contribution in [2.24, 2.45) is 5.92 Å². The van der Waals surface area contributed by atoms with Gasteiger partial charge in [-0.2, -0.15) is 0 Å². The van der Waals surface area contributed by atoms with Gasteiger partial charge in [-0.3, -0.25) is 0 Å². The third kappa shape index (κ3) is 1.37. The molecule has 0 radical (unpaired) electrons. The molecule has 4 heteroatoms. The predicted molar refractivity (Wildman–Crippen MR) is 56.2 cm³/mol. The van der Waals surface area contributed by atoms with Crippen LogP contribution in [0.5, 0.6) is 0 Å². The fraction of sp³-hybridized carbons (Fsp3) is 0.800. The Morgan fingerprint density at radius 2 is 2.50 bits per heavy atom. The maximum atomic E-state index is 4.13. The van der Waals surface area contributed by atoms with Crippen LogP contribution in [0.2, 0.25) is 0 Å². The topological polar surface area (TPSA) is 37.8 Å². The van der Waals surface area contributed by atoms with Crippen LogP contribution in [0.4, 0.5) is 0 Å². The molecule has 0 spiro atoms. The molecule has 1 aromatic heterocycles. The second kappa shape index (κ2) is 3.00. The molecule has 2 saturated carbocycles. The van der Waals surface area contributed by atoms with E-state index in [2.05, 4.69) is 15.5 Å². The van der Waals surface area contributed by atoms with Crippen molar-refractivity contribution in [3.63, 3.8) is 0 Å². The minimum Gasteiger partial charge on any atom is -0.305 e. The van der Waals surface area contributed by atoms with Crippen LogP contribution < -0.4 is 5.32 Å². The van der Waals surface area contributed by atoms with Gasteiger partial charge in [0.1, 0.15) is 10.0 Å². The smallest absolute Gasteiger partial charge is 0.131 e. The lowest BCUT2D eigenvalue weighted by atomic mass is 10.2. The Bertz CT molecular complexity index is 349. The lowest BCUT2D eigenvalue weighted by Crippen LogP contribution is -2.30. The Labute approximate surface area is 87.9 Å². The van der Waals surface area contributed by atoms with Gasteiger partial charge in [-0.25, -0.2) is 0 Å². The number of aryl methyl sites for hydroxylation is 1. The summed E-state index contributed by atoms with van der Waals surface area (Å²) in [6.45, 7) is 2.93. The highest BCUT2D eigenvalue weighted by Crippen LogP contribution is 2.55. The zero-order chi connectivity index (χ0) is 9.60. The summed E-state index contributed by atoms with van der Waals surface area (Å²) < 4.78 is 0. The molecule has 14 heavy (non-hydrogen) atoms. The Morgan fingerprint density at radius 1 is 1.57 bits per heavy atom. The Kier molecular flexibility index (Phi) is 1.89. The van der Waals surface area contributed by atoms with E-state index in [1.54, 1.807) is 11.3 Å². The molecule has 0 aliphatic heterocycles. The molecule has 76 valence electrons. The normalized spacial score (nSPS) is 34.5. The first kappa shape index (κ1) is 8.80. The molecule has 2 atom stereocenters. The van der Waals surface area contributed by atoms with Gasteiger partial charge in [0.2, 0.25) is 0 Å². The molecule has 2 aliphatic carbocycles. The summed E-state index contributed by atoms with van der Waals surface area (Å²) in [5, 5.41) is 14.0. The average molecular weight is 209 g/mol. The Balaban J connectivity index is 1.60. The number of aromatic nitrogens is 2. The quantitative estimate of drug-likeness (QED) is 0.826. The van der Waals surface area contributed by atoms with Crippen molar-refractivity contribution in [3.05, 3.63) is 10.0 Å². The monoisotopic (exact) mass is 209 g/mol. The zero-order valence-corrected chi connectivity index (χ0v) is 9.23. The third-order valence-electron chi connectivity index (χ3n) is 3.57. The van der Waals surface area contributed by atoms with Gasteiger partial charge in [-0.05, 0) is 32.1 Å². The minimum absolute atomic E-state index is 0.513. The van der Waals surface area contributed by atoms with E-state index in [9.17, 15) is 0 Å². The van der Waals surface area contributed by atoms with Crippen LogP contribution in [0.15, 0.2) is 0 Å². The Hall–Kier alpha value is -0.480. The highest BCUT2D eigenvalue weighted by molar-refractivity contribution is 7.11. The van der Waals surface area contributed by atoms with E-state index >= 15 is 0 Å². The SMILES string of the molecule is Cc1nnc(CNC23CCCC2C3)s1. The van der Waals surface area contributed by atoms with Crippen LogP contribution in [0.25, 0.3) is 0 Å². The lowest BCUT2D eigenvalue weighted by molar-refractivity contribution is 0.477. The maximum absolute atomic E-state index is 4.13. The van der Waals surface area contributed by atoms with E-state index in [4.69, 9.17) is 0 Å². The standard InChI is InChI=1S/C10H15N3S/c1-7-12-13-9(14-7)6-11-10-4-2-3-8(10)5-10/h8,11H,2-6H2,1H3. The molecule has 0 bridgehead atoms. The van der Waals surface area contributed by atoms with Crippen molar-refractivity contribution in [1.82, 2.24) is 15.5 Å². The van der Waals surface area contributed by atoms with E-state index in [1.165, 1.54) is 25.7 Å². The van der Waals surface area contributed by atoms with Gasteiger partial charge >= 0.3 is 0 Å². The molecule has 2 unspecified atom stereocenters. The largest absolute Gasteiger partial charge is 0.305 e. The minimum atomic E-state index is 0.513. The fourth-order valence-corrected chi connectivity index (χ4v) is 3.34. The van der Waals surface area contributed by atoms with Crippen LogP contribution in [0, 0.1) is 12.8 Å². The van der Waals surface area contributed by atoms with Gasteiger partial charge in [0.25, 0.3) is 0 Å². The molecular formula is C10H15N3S. The van der Waals surface area contributed by atoms with Crippen LogP contribution >= 0.6 is 11.3 Å². The number of nitrogens with zero attached hydrogens (tertiary/aromatic N) is 2. The van der Waals surface area contributed by atoms with Crippen molar-refractivity contribution in [2.45, 2.75) is 44.7 Å². The summed E-state index contributed by atoms with van der Waals surface area (Å²) in [4.78, 5) is 0. The van der Waals surface area contributed by atoms with Gasteiger partial charge in [-0.1, -0.05) is 6.42 Å². The number of nitrogens with one attached hydrogen (secondary N) is 1. The van der Waals surface area contributed by atoms with Crippen molar-refractivity contribution in [2.75, 3.05) is 0 Å². The van der Waals surface area contributed by atoms with Crippen molar-refractivity contribution in [1.29, 1.82) is 0 Å². The number of hydrogen-bond acceptors (Lipinski definition) is 4. The molecule has 1 heterocycles. The first-order chi connectivity index (χ1) is 6.78. The fourth-order valence-electron chi connectivity index (χ4n) is 2.69. The highest BCUT2D eigenvalue weighted by Gasteiger charge is 2.56. The van der Waals surface area contributed by atoms with Crippen LogP contribution in [0.1, 0.15) is 35.7 Å². The molecule has 0 saturated heterocycles. The molecular weight excluding hydrogens is 194 g/mol. The van der Waals surface area contributed by atoms with Gasteiger partial charge < -0.3 is 5.32 Å². The molecule has 3 nitrogen and oxygen atoms in total. The molecule has 2 aliphatic rings. The third-order valence-corrected chi connectivity index (χ3v) is 4.41. The van der Waals surface area contributed by atoms with Crippen molar-refractivity contribution >= 4 is 11.3 Å². The summed E-state index contributed by atoms with van der Waals surface area (Å²) in [5.41, 5.74) is 0.513. The van der Waals surface area contributed by atoms with Crippen molar-refractivity contribution < 1.29 is 0 Å². The lowest BCUT2D eigenvalue weighted by Gasteiger charge is -2.12.